The maximum absolute atomic E-state index is 13.2. The van der Waals surface area contributed by atoms with E-state index in [1.165, 1.54) is 6.92 Å². The fraction of sp³-hybridized carbons (Fsp3) is 0.417. The number of sulfonamides is 1. The Morgan fingerprint density at radius 1 is 1.45 bits per heavy atom. The summed E-state index contributed by atoms with van der Waals surface area (Å²) < 4.78 is 39.4. The number of amides is 1. The predicted octanol–water partition coefficient (Wildman–Crippen LogP) is 0.927. The smallest absolute Gasteiger partial charge is 0.306 e. The van der Waals surface area contributed by atoms with Crippen molar-refractivity contribution >= 4 is 21.6 Å². The molecule has 0 unspecified atom stereocenters. The molecule has 0 fully saturated rings. The predicted molar refractivity (Wildman–Crippen MR) is 76.1 cm³/mol. The molecule has 0 aliphatic heterocycles. The first-order valence-electron chi connectivity index (χ1n) is 6.43. The van der Waals surface area contributed by atoms with Crippen LogP contribution in [0.5, 0.6) is 0 Å². The van der Waals surface area contributed by atoms with Crippen molar-refractivity contribution in [1.82, 2.24) is 10.0 Å². The van der Waals surface area contributed by atoms with Crippen LogP contribution in [0.15, 0.2) is 23.1 Å². The normalized spacial score (nSPS) is 12.7. The van der Waals surface area contributed by atoms with Crippen LogP contribution in [0.25, 0.3) is 0 Å². The first kappa shape index (κ1) is 18.0. The van der Waals surface area contributed by atoms with E-state index in [0.717, 1.165) is 6.07 Å². The van der Waals surface area contributed by atoms with Gasteiger partial charge in [0.05, 0.1) is 15.9 Å². The van der Waals surface area contributed by atoms with Crippen molar-refractivity contribution in [2.45, 2.75) is 31.2 Å². The van der Waals surface area contributed by atoms with E-state index >= 15 is 0 Å². The van der Waals surface area contributed by atoms with E-state index in [9.17, 15) is 27.7 Å². The number of nitro groups is 1. The summed E-state index contributed by atoms with van der Waals surface area (Å²) in [4.78, 5) is 20.8. The molecule has 0 aliphatic carbocycles. The molecular weight excluding hydrogens is 317 g/mol. The first-order chi connectivity index (χ1) is 10.2. The Hall–Kier alpha value is -2.07. The molecule has 10 heteroatoms. The van der Waals surface area contributed by atoms with Gasteiger partial charge in [-0.25, -0.2) is 8.42 Å². The van der Waals surface area contributed by atoms with Crippen LogP contribution in [-0.4, -0.2) is 31.8 Å². The second-order valence-electron chi connectivity index (χ2n) is 4.50. The van der Waals surface area contributed by atoms with Gasteiger partial charge in [0.15, 0.2) is 0 Å². The Balaban J connectivity index is 2.98. The Bertz CT molecular complexity index is 677. The molecule has 0 spiro atoms. The van der Waals surface area contributed by atoms with Gasteiger partial charge in [0.25, 0.3) is 0 Å². The first-order valence-corrected chi connectivity index (χ1v) is 7.91. The van der Waals surface area contributed by atoms with Crippen LogP contribution in [0.3, 0.4) is 0 Å². The number of hydrogen-bond acceptors (Lipinski definition) is 5. The molecule has 2 N–H and O–H groups in total. The maximum atomic E-state index is 13.2. The number of carbonyl (C=O) groups excluding carboxylic acids is 1. The van der Waals surface area contributed by atoms with Gasteiger partial charge in [-0.3, -0.25) is 14.9 Å². The topological polar surface area (TPSA) is 118 Å². The van der Waals surface area contributed by atoms with Crippen molar-refractivity contribution in [3.63, 3.8) is 0 Å². The van der Waals surface area contributed by atoms with Crippen molar-refractivity contribution in [1.29, 1.82) is 0 Å². The number of nitrogens with one attached hydrogen (secondary N) is 2. The van der Waals surface area contributed by atoms with E-state index in [1.54, 1.807) is 0 Å². The molecule has 1 aromatic carbocycles. The van der Waals surface area contributed by atoms with Gasteiger partial charge in [0.1, 0.15) is 0 Å². The minimum absolute atomic E-state index is 0.396. The number of halogens is 1. The number of benzene rings is 1. The third-order valence-electron chi connectivity index (χ3n) is 2.70. The second-order valence-corrected chi connectivity index (χ2v) is 6.22. The summed E-state index contributed by atoms with van der Waals surface area (Å²) in [6.45, 7) is 3.57. The maximum Gasteiger partial charge on any atom is 0.306 e. The van der Waals surface area contributed by atoms with Crippen molar-refractivity contribution in [2.75, 3.05) is 6.54 Å². The van der Waals surface area contributed by atoms with Crippen molar-refractivity contribution in [2.24, 2.45) is 0 Å². The van der Waals surface area contributed by atoms with Crippen LogP contribution in [0.2, 0.25) is 0 Å². The zero-order valence-electron chi connectivity index (χ0n) is 12.0. The summed E-state index contributed by atoms with van der Waals surface area (Å²) in [5.41, 5.74) is -0.953. The average molecular weight is 333 g/mol. The molecule has 1 aromatic rings. The second kappa shape index (κ2) is 7.27. The lowest BCUT2D eigenvalue weighted by atomic mass is 10.3. The molecule has 122 valence electrons. The van der Waals surface area contributed by atoms with E-state index in [1.807, 2.05) is 6.92 Å². The summed E-state index contributed by atoms with van der Waals surface area (Å²) >= 11 is 0. The molecule has 0 aromatic heterocycles. The lowest BCUT2D eigenvalue weighted by Crippen LogP contribution is -2.44. The van der Waals surface area contributed by atoms with Crippen molar-refractivity contribution in [3.05, 3.63) is 34.1 Å². The van der Waals surface area contributed by atoms with Gasteiger partial charge in [0.2, 0.25) is 21.7 Å². The van der Waals surface area contributed by atoms with Crippen molar-refractivity contribution in [3.8, 4) is 0 Å². The molecule has 0 saturated heterocycles. The molecule has 0 radical (unpaired) electrons. The van der Waals surface area contributed by atoms with Gasteiger partial charge in [-0.15, -0.1) is 0 Å². The Morgan fingerprint density at radius 2 is 2.09 bits per heavy atom. The van der Waals surface area contributed by atoms with Crippen LogP contribution >= 0.6 is 0 Å². The van der Waals surface area contributed by atoms with Gasteiger partial charge in [-0.2, -0.15) is 9.11 Å². The fourth-order valence-corrected chi connectivity index (χ4v) is 2.78. The van der Waals surface area contributed by atoms with Crippen LogP contribution in [0, 0.1) is 15.9 Å². The number of rotatable bonds is 7. The third kappa shape index (κ3) is 4.46. The third-order valence-corrected chi connectivity index (χ3v) is 4.24. The van der Waals surface area contributed by atoms with Gasteiger partial charge < -0.3 is 5.32 Å². The zero-order valence-corrected chi connectivity index (χ0v) is 12.8. The number of carbonyl (C=O) groups is 1. The molecule has 1 rings (SSSR count). The summed E-state index contributed by atoms with van der Waals surface area (Å²) in [6.07, 6.45) is 0.690. The summed E-state index contributed by atoms with van der Waals surface area (Å²) in [5, 5.41) is 13.1. The summed E-state index contributed by atoms with van der Waals surface area (Å²) in [6, 6.07) is 1.12. The molecule has 0 bridgehead atoms. The van der Waals surface area contributed by atoms with Crippen LogP contribution in [0.1, 0.15) is 20.3 Å². The van der Waals surface area contributed by atoms with Crippen LogP contribution in [0.4, 0.5) is 10.1 Å². The number of hydrogen-bond donors (Lipinski definition) is 2. The van der Waals surface area contributed by atoms with Gasteiger partial charge >= 0.3 is 5.69 Å². The molecule has 0 heterocycles. The van der Waals surface area contributed by atoms with Gasteiger partial charge in [-0.05, 0) is 25.5 Å². The monoisotopic (exact) mass is 333 g/mol. The largest absolute Gasteiger partial charge is 0.355 e. The average Bonchev–Trinajstić information content (AvgIpc) is 2.44. The zero-order chi connectivity index (χ0) is 16.9. The number of nitro benzene ring substituents is 1. The van der Waals surface area contributed by atoms with Crippen molar-refractivity contribution < 1.29 is 22.5 Å². The summed E-state index contributed by atoms with van der Waals surface area (Å²) in [7, 11) is -4.18. The SMILES string of the molecule is CCCNC(=O)[C@@H](C)NS(=O)(=O)c1ccc(F)c([N+](=O)[O-])c1. The molecule has 0 aliphatic rings. The highest BCUT2D eigenvalue weighted by Crippen LogP contribution is 2.21. The molecule has 8 nitrogen and oxygen atoms in total. The molecule has 1 amide bonds. The van der Waals surface area contributed by atoms with Crippen LogP contribution in [-0.2, 0) is 14.8 Å². The highest BCUT2D eigenvalue weighted by atomic mass is 32.2. The Morgan fingerprint density at radius 3 is 2.64 bits per heavy atom. The summed E-state index contributed by atoms with van der Waals surface area (Å²) in [5.74, 6) is -1.67. The number of nitrogens with zero attached hydrogens (tertiary/aromatic N) is 1. The van der Waals surface area contributed by atoms with Gasteiger partial charge in [-0.1, -0.05) is 6.92 Å². The van der Waals surface area contributed by atoms with E-state index in [0.29, 0.717) is 25.1 Å². The highest BCUT2D eigenvalue weighted by molar-refractivity contribution is 7.89. The molecule has 0 saturated carbocycles. The molecular formula is C12H16FN3O5S. The Labute approximate surface area is 126 Å². The highest BCUT2D eigenvalue weighted by Gasteiger charge is 2.25. The van der Waals surface area contributed by atoms with Gasteiger partial charge in [0, 0.05) is 12.6 Å². The van der Waals surface area contributed by atoms with E-state index < -0.39 is 43.3 Å². The van der Waals surface area contributed by atoms with E-state index in [-0.39, 0.29) is 0 Å². The Kier molecular flexibility index (Phi) is 5.94. The minimum Gasteiger partial charge on any atom is -0.355 e. The quantitative estimate of drug-likeness (QED) is 0.568. The van der Waals surface area contributed by atoms with E-state index in [4.69, 9.17) is 0 Å². The standard InChI is InChI=1S/C12H16FN3O5S/c1-3-6-14-12(17)8(2)15-22(20,21)9-4-5-10(13)11(7-9)16(18)19/h4-5,7-8,15H,3,6H2,1-2H3,(H,14,17)/t8-/m1/s1. The molecule has 1 atom stereocenters. The lowest BCUT2D eigenvalue weighted by molar-refractivity contribution is -0.387. The van der Waals surface area contributed by atoms with Crippen LogP contribution < -0.4 is 10.0 Å². The fourth-order valence-electron chi connectivity index (χ4n) is 1.56. The van der Waals surface area contributed by atoms with E-state index in [2.05, 4.69) is 10.0 Å². The molecule has 22 heavy (non-hydrogen) atoms. The lowest BCUT2D eigenvalue weighted by Gasteiger charge is -2.14. The minimum atomic E-state index is -4.18.